The first-order valence-electron chi connectivity index (χ1n) is 7.78. The van der Waals surface area contributed by atoms with Gasteiger partial charge in [0.1, 0.15) is 5.75 Å². The van der Waals surface area contributed by atoms with Crippen LogP contribution < -0.4 is 10.1 Å². The largest absolute Gasteiger partial charge is 0.497 e. The quantitative estimate of drug-likeness (QED) is 0.872. The molecule has 0 radical (unpaired) electrons. The maximum absolute atomic E-state index is 5.27. The zero-order valence-electron chi connectivity index (χ0n) is 13.6. The fourth-order valence-corrected chi connectivity index (χ4v) is 3.20. The lowest BCUT2D eigenvalue weighted by Gasteiger charge is -2.49. The fourth-order valence-electron chi connectivity index (χ4n) is 3.20. The van der Waals surface area contributed by atoms with Gasteiger partial charge in [0.2, 0.25) is 0 Å². The lowest BCUT2D eigenvalue weighted by atomic mass is 9.57. The van der Waals surface area contributed by atoms with Crippen molar-refractivity contribution in [1.82, 2.24) is 5.32 Å². The molecule has 0 unspecified atom stereocenters. The van der Waals surface area contributed by atoms with E-state index in [4.69, 9.17) is 4.74 Å². The van der Waals surface area contributed by atoms with Gasteiger partial charge in [0.25, 0.3) is 0 Å². The summed E-state index contributed by atoms with van der Waals surface area (Å²) in [7, 11) is 1.72. The predicted molar refractivity (Wildman–Crippen MR) is 85.4 cm³/mol. The van der Waals surface area contributed by atoms with E-state index in [-0.39, 0.29) is 5.54 Å². The van der Waals surface area contributed by atoms with Crippen molar-refractivity contribution in [3.63, 3.8) is 0 Å². The molecule has 1 saturated carbocycles. The Morgan fingerprint density at radius 1 is 1.20 bits per heavy atom. The highest BCUT2D eigenvalue weighted by atomic mass is 16.5. The van der Waals surface area contributed by atoms with Crippen LogP contribution in [0.3, 0.4) is 0 Å². The van der Waals surface area contributed by atoms with E-state index in [0.717, 1.165) is 18.2 Å². The second-order valence-corrected chi connectivity index (χ2v) is 7.29. The Labute approximate surface area is 123 Å². The fraction of sp³-hybridized carbons (Fsp3) is 0.667. The third-order valence-corrected chi connectivity index (χ3v) is 4.60. The van der Waals surface area contributed by atoms with Crippen LogP contribution in [0.1, 0.15) is 52.5 Å². The van der Waals surface area contributed by atoms with Gasteiger partial charge >= 0.3 is 0 Å². The van der Waals surface area contributed by atoms with E-state index in [1.165, 1.54) is 24.8 Å². The Bertz CT molecular complexity index is 424. The molecule has 2 rings (SSSR count). The molecule has 112 valence electrons. The highest BCUT2D eigenvalue weighted by Gasteiger charge is 2.44. The number of nitrogens with one attached hydrogen (secondary N) is 1. The molecular formula is C18H29NO. The lowest BCUT2D eigenvalue weighted by Crippen LogP contribution is -2.52. The van der Waals surface area contributed by atoms with Gasteiger partial charge in [-0.15, -0.1) is 0 Å². The van der Waals surface area contributed by atoms with Gasteiger partial charge in [-0.1, -0.05) is 25.5 Å². The van der Waals surface area contributed by atoms with Crippen molar-refractivity contribution in [2.75, 3.05) is 13.7 Å². The van der Waals surface area contributed by atoms with E-state index < -0.39 is 0 Å². The number of methoxy groups -OCH3 is 1. The van der Waals surface area contributed by atoms with Gasteiger partial charge in [-0.25, -0.2) is 0 Å². The maximum atomic E-state index is 5.27. The molecule has 0 saturated heterocycles. The molecule has 20 heavy (non-hydrogen) atoms. The first-order valence-corrected chi connectivity index (χ1v) is 7.78. The molecule has 0 spiro atoms. The average Bonchev–Trinajstić information content (AvgIpc) is 2.37. The molecule has 1 N–H and O–H groups in total. The number of benzene rings is 1. The number of rotatable bonds is 5. The van der Waals surface area contributed by atoms with E-state index in [1.54, 1.807) is 7.11 Å². The molecule has 1 fully saturated rings. The zero-order valence-corrected chi connectivity index (χ0v) is 13.6. The van der Waals surface area contributed by atoms with E-state index in [9.17, 15) is 0 Å². The Morgan fingerprint density at radius 2 is 1.80 bits per heavy atom. The normalized spacial score (nSPS) is 26.1. The van der Waals surface area contributed by atoms with Crippen molar-refractivity contribution in [3.8, 4) is 5.75 Å². The molecule has 0 atom stereocenters. The summed E-state index contributed by atoms with van der Waals surface area (Å²) < 4.78 is 5.27. The van der Waals surface area contributed by atoms with Crippen molar-refractivity contribution in [3.05, 3.63) is 29.8 Å². The molecule has 1 aromatic rings. The van der Waals surface area contributed by atoms with E-state index in [2.05, 4.69) is 57.3 Å². The van der Waals surface area contributed by atoms with Gasteiger partial charge in [0.15, 0.2) is 0 Å². The van der Waals surface area contributed by atoms with Crippen LogP contribution in [-0.2, 0) is 5.41 Å². The van der Waals surface area contributed by atoms with Crippen molar-refractivity contribution in [2.24, 2.45) is 5.92 Å². The highest BCUT2D eigenvalue weighted by molar-refractivity contribution is 5.35. The third-order valence-electron chi connectivity index (χ3n) is 4.60. The number of ether oxygens (including phenoxy) is 1. The topological polar surface area (TPSA) is 21.3 Å². The van der Waals surface area contributed by atoms with Crippen LogP contribution in [-0.4, -0.2) is 19.2 Å². The van der Waals surface area contributed by atoms with Crippen molar-refractivity contribution in [2.45, 2.75) is 57.9 Å². The summed E-state index contributed by atoms with van der Waals surface area (Å²) in [5.74, 6) is 1.83. The lowest BCUT2D eigenvalue weighted by molar-refractivity contribution is 0.124. The van der Waals surface area contributed by atoms with Crippen LogP contribution in [0.4, 0.5) is 0 Å². The molecule has 0 amide bonds. The second kappa shape index (κ2) is 5.77. The Hall–Kier alpha value is -1.02. The zero-order chi connectivity index (χ0) is 14.8. The van der Waals surface area contributed by atoms with Crippen molar-refractivity contribution in [1.29, 1.82) is 0 Å². The molecule has 0 aromatic heterocycles. The van der Waals surface area contributed by atoms with E-state index in [1.807, 2.05) is 0 Å². The highest BCUT2D eigenvalue weighted by Crippen LogP contribution is 2.49. The molecule has 2 heteroatoms. The van der Waals surface area contributed by atoms with E-state index in [0.29, 0.717) is 5.41 Å². The minimum absolute atomic E-state index is 0.177. The minimum atomic E-state index is 0.177. The summed E-state index contributed by atoms with van der Waals surface area (Å²) in [5, 5.41) is 3.71. The SMILES string of the molecule is CCC1CC(CNC(C)(C)C)(c2ccc(OC)cc2)C1. The Balaban J connectivity index is 2.14. The van der Waals surface area contributed by atoms with Gasteiger partial charge < -0.3 is 10.1 Å². The molecule has 0 aliphatic heterocycles. The standard InChI is InChI=1S/C18H29NO/c1-6-14-11-18(12-14,13-19-17(2,3)4)15-7-9-16(20-5)10-8-15/h7-10,14,19H,6,11-13H2,1-5H3. The average molecular weight is 275 g/mol. The van der Waals surface area contributed by atoms with Crippen molar-refractivity contribution < 1.29 is 4.74 Å². The van der Waals surface area contributed by atoms with Crippen LogP contribution in [0.25, 0.3) is 0 Å². The van der Waals surface area contributed by atoms with E-state index >= 15 is 0 Å². The van der Waals surface area contributed by atoms with Crippen LogP contribution in [0, 0.1) is 5.92 Å². The summed E-state index contributed by atoms with van der Waals surface area (Å²) in [6, 6.07) is 8.67. The van der Waals surface area contributed by atoms with Gasteiger partial charge in [0, 0.05) is 17.5 Å². The maximum Gasteiger partial charge on any atom is 0.118 e. The molecular weight excluding hydrogens is 246 g/mol. The molecule has 1 aromatic carbocycles. The molecule has 2 nitrogen and oxygen atoms in total. The summed E-state index contributed by atoms with van der Waals surface area (Å²) >= 11 is 0. The first kappa shape index (κ1) is 15.4. The number of hydrogen-bond donors (Lipinski definition) is 1. The molecule has 0 heterocycles. The minimum Gasteiger partial charge on any atom is -0.497 e. The first-order chi connectivity index (χ1) is 9.38. The van der Waals surface area contributed by atoms with Gasteiger partial charge in [0.05, 0.1) is 7.11 Å². The van der Waals surface area contributed by atoms with Gasteiger partial charge in [-0.2, -0.15) is 0 Å². The van der Waals surface area contributed by atoms with Crippen LogP contribution in [0.15, 0.2) is 24.3 Å². The summed E-state index contributed by atoms with van der Waals surface area (Å²) in [6.45, 7) is 10.1. The Kier molecular flexibility index (Phi) is 4.43. The smallest absolute Gasteiger partial charge is 0.118 e. The van der Waals surface area contributed by atoms with Gasteiger partial charge in [-0.05, 0) is 57.2 Å². The third kappa shape index (κ3) is 3.35. The number of hydrogen-bond acceptors (Lipinski definition) is 2. The summed E-state index contributed by atoms with van der Waals surface area (Å²) in [4.78, 5) is 0. The summed E-state index contributed by atoms with van der Waals surface area (Å²) in [6.07, 6.45) is 3.91. The molecule has 1 aliphatic carbocycles. The van der Waals surface area contributed by atoms with Crippen molar-refractivity contribution >= 4 is 0 Å². The molecule has 1 aliphatic rings. The monoisotopic (exact) mass is 275 g/mol. The molecule has 0 bridgehead atoms. The predicted octanol–water partition coefficient (Wildman–Crippen LogP) is 4.14. The van der Waals surface area contributed by atoms with Crippen LogP contribution in [0.5, 0.6) is 5.75 Å². The summed E-state index contributed by atoms with van der Waals surface area (Å²) in [5.41, 5.74) is 1.96. The second-order valence-electron chi connectivity index (χ2n) is 7.29. The Morgan fingerprint density at radius 3 is 2.25 bits per heavy atom. The van der Waals surface area contributed by atoms with Crippen LogP contribution >= 0.6 is 0 Å². The van der Waals surface area contributed by atoms with Crippen LogP contribution in [0.2, 0.25) is 0 Å². The van der Waals surface area contributed by atoms with Gasteiger partial charge in [-0.3, -0.25) is 0 Å².